The molecule has 1 nitrogen and oxygen atoms in total. The lowest BCUT2D eigenvalue weighted by Crippen LogP contribution is -2.32. The quantitative estimate of drug-likeness (QED) is 0.166. The highest BCUT2D eigenvalue weighted by atomic mass is 16.5. The molecule has 3 aliphatic carbocycles. The third-order valence-corrected chi connectivity index (χ3v) is 13.2. The molecule has 1 aliphatic heterocycles. The molecule has 254 valence electrons. The van der Waals surface area contributed by atoms with Crippen molar-refractivity contribution in [2.24, 2.45) is 0 Å². The van der Waals surface area contributed by atoms with Gasteiger partial charge in [-0.1, -0.05) is 176 Å². The third kappa shape index (κ3) is 3.42. The monoisotopic (exact) mass is 696 g/mol. The van der Waals surface area contributed by atoms with Crippen LogP contribution >= 0.6 is 0 Å². The third-order valence-electron chi connectivity index (χ3n) is 13.2. The van der Waals surface area contributed by atoms with Crippen LogP contribution in [0.15, 0.2) is 194 Å². The molecule has 0 fully saturated rings. The van der Waals surface area contributed by atoms with Gasteiger partial charge in [0.2, 0.25) is 0 Å². The zero-order chi connectivity index (χ0) is 35.9. The largest absolute Gasteiger partial charge is 0.456 e. The molecule has 1 heteroatoms. The van der Waals surface area contributed by atoms with Crippen molar-refractivity contribution in [3.8, 4) is 56.0 Å². The van der Waals surface area contributed by atoms with Crippen LogP contribution in [-0.2, 0) is 10.8 Å². The molecule has 0 aromatic heterocycles. The molecule has 0 unspecified atom stereocenters. The number of para-hydroxylation sites is 1. The fraction of sp³-hybridized carbons (Fsp3) is 0.0370. The van der Waals surface area contributed by atoms with Gasteiger partial charge in [-0.25, -0.2) is 0 Å². The summed E-state index contributed by atoms with van der Waals surface area (Å²) in [6.07, 6.45) is 0. The predicted molar refractivity (Wildman–Crippen MR) is 223 cm³/mol. The molecule has 55 heavy (non-hydrogen) atoms. The summed E-state index contributed by atoms with van der Waals surface area (Å²) in [5, 5.41) is 2.31. The van der Waals surface area contributed by atoms with Gasteiger partial charge < -0.3 is 4.74 Å². The Labute approximate surface area is 319 Å². The topological polar surface area (TPSA) is 9.23 Å². The van der Waals surface area contributed by atoms with Gasteiger partial charge in [0.1, 0.15) is 11.5 Å². The van der Waals surface area contributed by atoms with E-state index in [-0.39, 0.29) is 0 Å². The summed E-state index contributed by atoms with van der Waals surface area (Å²) in [5.74, 6) is 1.85. The number of hydrogen-bond acceptors (Lipinski definition) is 1. The molecule has 13 rings (SSSR count). The Bertz CT molecular complexity index is 3040. The molecule has 9 aromatic carbocycles. The second-order valence-electron chi connectivity index (χ2n) is 15.4. The molecule has 4 aliphatic rings. The van der Waals surface area contributed by atoms with Gasteiger partial charge in [-0.05, 0) is 101 Å². The number of hydrogen-bond donors (Lipinski definition) is 0. The van der Waals surface area contributed by atoms with Crippen LogP contribution in [0.2, 0.25) is 0 Å². The van der Waals surface area contributed by atoms with E-state index in [1.54, 1.807) is 0 Å². The van der Waals surface area contributed by atoms with E-state index in [1.807, 2.05) is 0 Å². The van der Waals surface area contributed by atoms with Crippen LogP contribution in [0.1, 0.15) is 44.5 Å². The van der Waals surface area contributed by atoms with Crippen molar-refractivity contribution < 1.29 is 4.74 Å². The molecule has 2 spiro atoms. The van der Waals surface area contributed by atoms with Gasteiger partial charge in [-0.3, -0.25) is 0 Å². The summed E-state index contributed by atoms with van der Waals surface area (Å²) in [7, 11) is 0. The Morgan fingerprint density at radius 1 is 0.273 bits per heavy atom. The highest BCUT2D eigenvalue weighted by Gasteiger charge is 2.53. The van der Waals surface area contributed by atoms with Crippen molar-refractivity contribution in [2.45, 2.75) is 10.8 Å². The molecule has 0 amide bonds. The highest BCUT2D eigenvalue weighted by molar-refractivity contribution is 6.05. The lowest BCUT2D eigenvalue weighted by Gasteiger charge is -2.40. The SMILES string of the molecule is c1ccc2c(c1)Oc1c(cc(-c3ccc4c(c3)C3(c5ccccc5-c5ccccc53)c3ccccc3-4)c3ccccc13)C21c2ccccc2-c2ccccc21. The van der Waals surface area contributed by atoms with Crippen molar-refractivity contribution in [1.82, 2.24) is 0 Å². The lowest BCUT2D eigenvalue weighted by atomic mass is 9.65. The molecule has 0 atom stereocenters. The summed E-state index contributed by atoms with van der Waals surface area (Å²) in [6.45, 7) is 0. The van der Waals surface area contributed by atoms with Gasteiger partial charge >= 0.3 is 0 Å². The molecule has 0 N–H and O–H groups in total. The zero-order valence-corrected chi connectivity index (χ0v) is 29.9. The van der Waals surface area contributed by atoms with E-state index in [2.05, 4.69) is 194 Å². The Balaban J connectivity index is 1.15. The standard InChI is InChI=1S/C54H32O/c1-2-21-41-34(15-1)42(32-50-52(41)55-51-28-14-13-27-48(51)54(50)46-25-11-5-18-37(46)38-19-6-12-26-47(38)54)33-29-30-40-39-20-7-10-24-45(39)53(49(40)31-33)43-22-8-3-16-35(43)36-17-4-9-23-44(36)53/h1-32H. The average Bonchev–Trinajstić information content (AvgIpc) is 3.84. The van der Waals surface area contributed by atoms with Crippen molar-refractivity contribution >= 4 is 10.8 Å². The molecule has 1 heterocycles. The summed E-state index contributed by atoms with van der Waals surface area (Å²) >= 11 is 0. The Hall–Kier alpha value is -6.96. The van der Waals surface area contributed by atoms with Crippen LogP contribution in [0.25, 0.3) is 55.3 Å². The van der Waals surface area contributed by atoms with E-state index < -0.39 is 10.8 Å². The molecule has 9 aromatic rings. The summed E-state index contributed by atoms with van der Waals surface area (Å²) in [5.41, 5.74) is 19.7. The molecule has 0 radical (unpaired) electrons. The van der Waals surface area contributed by atoms with E-state index in [0.29, 0.717) is 0 Å². The minimum absolute atomic E-state index is 0.411. The lowest BCUT2D eigenvalue weighted by molar-refractivity contribution is 0.442. The van der Waals surface area contributed by atoms with E-state index >= 15 is 0 Å². The fourth-order valence-electron chi connectivity index (χ4n) is 11.2. The number of benzene rings is 9. The van der Waals surface area contributed by atoms with E-state index in [0.717, 1.165) is 16.9 Å². The van der Waals surface area contributed by atoms with Crippen molar-refractivity contribution in [2.75, 3.05) is 0 Å². The van der Waals surface area contributed by atoms with Crippen LogP contribution in [0.3, 0.4) is 0 Å². The minimum Gasteiger partial charge on any atom is -0.456 e. The highest BCUT2D eigenvalue weighted by Crippen LogP contribution is 2.65. The first-order valence-electron chi connectivity index (χ1n) is 19.3. The van der Waals surface area contributed by atoms with Crippen LogP contribution in [0, 0.1) is 0 Å². The maximum atomic E-state index is 7.07. The van der Waals surface area contributed by atoms with E-state index in [9.17, 15) is 0 Å². The van der Waals surface area contributed by atoms with Crippen LogP contribution in [0.5, 0.6) is 11.5 Å². The van der Waals surface area contributed by atoms with Gasteiger partial charge in [0, 0.05) is 16.5 Å². The normalized spacial score (nSPS) is 15.0. The smallest absolute Gasteiger partial charge is 0.140 e. The fourth-order valence-corrected chi connectivity index (χ4v) is 11.2. The Morgan fingerprint density at radius 2 is 0.673 bits per heavy atom. The zero-order valence-electron chi connectivity index (χ0n) is 29.9. The van der Waals surface area contributed by atoms with Crippen LogP contribution in [-0.4, -0.2) is 0 Å². The van der Waals surface area contributed by atoms with Gasteiger partial charge in [-0.15, -0.1) is 0 Å². The van der Waals surface area contributed by atoms with Gasteiger partial charge in [0.25, 0.3) is 0 Å². The van der Waals surface area contributed by atoms with Crippen molar-refractivity contribution in [1.29, 1.82) is 0 Å². The molecule has 0 saturated heterocycles. The minimum atomic E-state index is -0.548. The Morgan fingerprint density at radius 3 is 1.20 bits per heavy atom. The second-order valence-corrected chi connectivity index (χ2v) is 15.4. The Kier molecular flexibility index (Phi) is 5.56. The first-order valence-corrected chi connectivity index (χ1v) is 19.3. The van der Waals surface area contributed by atoms with Gasteiger partial charge in [0.05, 0.1) is 10.8 Å². The number of ether oxygens (including phenoxy) is 1. The van der Waals surface area contributed by atoms with E-state index in [4.69, 9.17) is 4.74 Å². The molecular weight excluding hydrogens is 665 g/mol. The molecular formula is C54H32O. The van der Waals surface area contributed by atoms with Crippen molar-refractivity contribution in [3.05, 3.63) is 239 Å². The molecule has 0 saturated carbocycles. The maximum absolute atomic E-state index is 7.07. The van der Waals surface area contributed by atoms with Gasteiger partial charge in [-0.2, -0.15) is 0 Å². The van der Waals surface area contributed by atoms with Crippen molar-refractivity contribution in [3.63, 3.8) is 0 Å². The number of rotatable bonds is 1. The predicted octanol–water partition coefficient (Wildman–Crippen LogP) is 13.3. The summed E-state index contributed by atoms with van der Waals surface area (Å²) < 4.78 is 7.07. The van der Waals surface area contributed by atoms with Crippen LogP contribution < -0.4 is 4.74 Å². The van der Waals surface area contributed by atoms with Crippen LogP contribution in [0.4, 0.5) is 0 Å². The van der Waals surface area contributed by atoms with E-state index in [1.165, 1.54) is 94.4 Å². The number of fused-ring (bicyclic) bond motifs is 21. The first kappa shape index (κ1) is 29.5. The summed E-state index contributed by atoms with van der Waals surface area (Å²) in [6, 6.07) is 72.4. The summed E-state index contributed by atoms with van der Waals surface area (Å²) in [4.78, 5) is 0. The first-order chi connectivity index (χ1) is 27.3. The maximum Gasteiger partial charge on any atom is 0.140 e. The van der Waals surface area contributed by atoms with Gasteiger partial charge in [0.15, 0.2) is 0 Å². The second kappa shape index (κ2) is 10.4. The average molecular weight is 697 g/mol. The molecule has 0 bridgehead atoms.